The van der Waals surface area contributed by atoms with Gasteiger partial charge in [-0.25, -0.2) is 9.78 Å². The molecule has 0 unspecified atom stereocenters. The zero-order chi connectivity index (χ0) is 35.7. The number of aromatic nitrogens is 1. The summed E-state index contributed by atoms with van der Waals surface area (Å²) in [5.41, 5.74) is -1.90. The number of methoxy groups -OCH3 is 1. The molecular formula is C36H48ClN5O7. The van der Waals surface area contributed by atoms with Crippen LogP contribution in [0.25, 0.3) is 10.8 Å². The summed E-state index contributed by atoms with van der Waals surface area (Å²) in [4.78, 5) is 61.0. The molecule has 1 aromatic heterocycles. The summed E-state index contributed by atoms with van der Waals surface area (Å²) in [6.45, 7) is 9.33. The first-order valence-corrected chi connectivity index (χ1v) is 17.4. The van der Waals surface area contributed by atoms with E-state index in [2.05, 4.69) is 33.9 Å². The van der Waals surface area contributed by atoms with Gasteiger partial charge in [-0.05, 0) is 64.0 Å². The second-order valence-electron chi connectivity index (χ2n) is 14.5. The van der Waals surface area contributed by atoms with Crippen molar-refractivity contribution >= 4 is 46.2 Å². The Kier molecular flexibility index (Phi) is 10.7. The van der Waals surface area contributed by atoms with E-state index in [9.17, 15) is 19.2 Å². The molecule has 4 amide bonds. The van der Waals surface area contributed by atoms with Crippen molar-refractivity contribution in [1.82, 2.24) is 25.8 Å². The molecule has 1 aromatic carbocycles. The first kappa shape index (κ1) is 36.2. The van der Waals surface area contributed by atoms with Gasteiger partial charge < -0.3 is 35.1 Å². The van der Waals surface area contributed by atoms with Crippen LogP contribution in [0.15, 0.2) is 36.5 Å². The third kappa shape index (κ3) is 7.90. The van der Waals surface area contributed by atoms with Crippen molar-refractivity contribution in [3.05, 3.63) is 41.6 Å². The van der Waals surface area contributed by atoms with Crippen LogP contribution < -0.4 is 25.4 Å². The Bertz CT molecular complexity index is 1630. The summed E-state index contributed by atoms with van der Waals surface area (Å²) in [6.07, 6.45) is 7.17. The molecule has 0 radical (unpaired) electrons. The number of halogens is 1. The van der Waals surface area contributed by atoms with Crippen LogP contribution >= 0.6 is 11.6 Å². The van der Waals surface area contributed by atoms with Gasteiger partial charge in [0.05, 0.1) is 24.9 Å². The van der Waals surface area contributed by atoms with E-state index in [1.165, 1.54) is 18.2 Å². The Morgan fingerprint density at radius 3 is 2.59 bits per heavy atom. The number of carbonyl (C=O) groups is 4. The van der Waals surface area contributed by atoms with Crippen LogP contribution in [0.2, 0.25) is 5.02 Å². The van der Waals surface area contributed by atoms with Crippen LogP contribution in [-0.4, -0.2) is 83.7 Å². The molecule has 1 saturated heterocycles. The number of alkyl carbamates (subject to hydrolysis) is 1. The third-order valence-electron chi connectivity index (χ3n) is 9.63. The molecule has 49 heavy (non-hydrogen) atoms. The molecule has 266 valence electrons. The largest absolute Gasteiger partial charge is 0.494 e. The molecule has 5 rings (SSSR count). The van der Waals surface area contributed by atoms with Crippen LogP contribution in [0.4, 0.5) is 4.79 Å². The molecule has 1 saturated carbocycles. The smallest absolute Gasteiger partial charge is 0.408 e. The van der Waals surface area contributed by atoms with E-state index < -0.39 is 47.2 Å². The number of amides is 4. The fourth-order valence-electron chi connectivity index (χ4n) is 6.90. The number of carbonyl (C=O) groups excluding carboxylic acids is 4. The zero-order valence-electron chi connectivity index (χ0n) is 29.3. The average Bonchev–Trinajstić information content (AvgIpc) is 3.58. The van der Waals surface area contributed by atoms with E-state index in [0.717, 1.165) is 12.8 Å². The van der Waals surface area contributed by atoms with Crippen LogP contribution in [0.5, 0.6) is 11.6 Å². The molecule has 2 fully saturated rings. The fraction of sp³-hybridized carbons (Fsp3) is 0.583. The number of benzene rings is 1. The second kappa shape index (κ2) is 14.4. The Balaban J connectivity index is 1.51. The maximum Gasteiger partial charge on any atom is 0.408 e. The van der Waals surface area contributed by atoms with Gasteiger partial charge in [0.25, 0.3) is 0 Å². The van der Waals surface area contributed by atoms with Crippen LogP contribution in [0.1, 0.15) is 66.7 Å². The van der Waals surface area contributed by atoms with Gasteiger partial charge >= 0.3 is 6.09 Å². The number of fused-ring (bicyclic) bond motifs is 3. The number of likely N-dealkylation sites (N-methyl/N-ethyl adjacent to an activating group) is 1. The molecular weight excluding hydrogens is 650 g/mol. The molecule has 3 aliphatic rings. The van der Waals surface area contributed by atoms with Crippen molar-refractivity contribution in [2.75, 3.05) is 20.7 Å². The highest BCUT2D eigenvalue weighted by atomic mass is 35.5. The summed E-state index contributed by atoms with van der Waals surface area (Å²) in [6, 6.07) is 3.38. The lowest BCUT2D eigenvalue weighted by molar-refractivity contribution is -0.142. The molecule has 2 aromatic rings. The van der Waals surface area contributed by atoms with Crippen molar-refractivity contribution in [3.8, 4) is 11.6 Å². The van der Waals surface area contributed by atoms with Gasteiger partial charge in [-0.1, -0.05) is 50.1 Å². The van der Waals surface area contributed by atoms with Gasteiger partial charge in [-0.3, -0.25) is 14.4 Å². The minimum absolute atomic E-state index is 0.0409. The van der Waals surface area contributed by atoms with E-state index in [-0.39, 0.29) is 42.5 Å². The standard InChI is InChI=1S/C36H48ClN5O7/c1-20-10-8-11-21(2)29(40-34(46)49-35(3,4)5)32(44)42-19-23(48-31-24-12-9-13-25(37)28(24)27(47-7)18-39-31)16-26(42)30(43)41-36(33(45)38-6)17-22(36)15-14-20/h9,12-15,18,20-23,26,29H,8,10-11,16-17,19H2,1-7H3,(H,38,45)(H,40,46)(H,41,43)/b15-14-/t20-,21+,22-,23+,26-,29-,36+/m0/s1. The lowest BCUT2D eigenvalue weighted by atomic mass is 9.92. The van der Waals surface area contributed by atoms with Crippen molar-refractivity contribution < 1.29 is 33.4 Å². The van der Waals surface area contributed by atoms with Crippen molar-refractivity contribution in [2.45, 2.75) is 96.1 Å². The van der Waals surface area contributed by atoms with Gasteiger partial charge in [-0.2, -0.15) is 0 Å². The average molecular weight is 698 g/mol. The lowest BCUT2D eigenvalue weighted by Gasteiger charge is -2.32. The summed E-state index contributed by atoms with van der Waals surface area (Å²) in [5.74, 6) is -0.662. The summed E-state index contributed by atoms with van der Waals surface area (Å²) in [5, 5.41) is 10.2. The maximum atomic E-state index is 14.6. The number of pyridine rings is 1. The van der Waals surface area contributed by atoms with Crippen molar-refractivity contribution in [2.24, 2.45) is 17.8 Å². The summed E-state index contributed by atoms with van der Waals surface area (Å²) >= 11 is 6.53. The number of rotatable bonds is 5. The summed E-state index contributed by atoms with van der Waals surface area (Å²) < 4.78 is 17.5. The van der Waals surface area contributed by atoms with E-state index in [4.69, 9.17) is 25.8 Å². The molecule has 13 heteroatoms. The van der Waals surface area contributed by atoms with Gasteiger partial charge in [0.1, 0.15) is 35.1 Å². The Morgan fingerprint density at radius 2 is 1.90 bits per heavy atom. The third-order valence-corrected chi connectivity index (χ3v) is 9.94. The molecule has 3 N–H and O–H groups in total. The molecule has 3 heterocycles. The molecule has 0 spiro atoms. The van der Waals surface area contributed by atoms with E-state index in [1.54, 1.807) is 40.0 Å². The number of nitrogens with one attached hydrogen (secondary N) is 3. The maximum absolute atomic E-state index is 14.6. The summed E-state index contributed by atoms with van der Waals surface area (Å²) in [7, 11) is 3.07. The van der Waals surface area contributed by atoms with Crippen molar-refractivity contribution in [3.63, 3.8) is 0 Å². The van der Waals surface area contributed by atoms with Crippen LogP contribution in [-0.2, 0) is 19.1 Å². The second-order valence-corrected chi connectivity index (χ2v) is 14.9. The van der Waals surface area contributed by atoms with Gasteiger partial charge in [0.2, 0.25) is 23.6 Å². The molecule has 1 aliphatic carbocycles. The van der Waals surface area contributed by atoms with Crippen LogP contribution in [0, 0.1) is 17.8 Å². The highest BCUT2D eigenvalue weighted by molar-refractivity contribution is 6.36. The predicted octanol–water partition coefficient (Wildman–Crippen LogP) is 4.77. The van der Waals surface area contributed by atoms with E-state index >= 15 is 0 Å². The number of hydrogen-bond donors (Lipinski definition) is 3. The Morgan fingerprint density at radius 1 is 1.14 bits per heavy atom. The zero-order valence-corrected chi connectivity index (χ0v) is 30.1. The monoisotopic (exact) mass is 697 g/mol. The Hall–Kier alpha value is -4.06. The predicted molar refractivity (Wildman–Crippen MR) is 185 cm³/mol. The normalized spacial score (nSPS) is 29.8. The van der Waals surface area contributed by atoms with Crippen molar-refractivity contribution in [1.29, 1.82) is 0 Å². The van der Waals surface area contributed by atoms with E-state index in [0.29, 0.717) is 34.4 Å². The number of ether oxygens (including phenoxy) is 3. The first-order valence-electron chi connectivity index (χ1n) is 17.0. The van der Waals surface area contributed by atoms with Gasteiger partial charge in [0, 0.05) is 30.2 Å². The number of allylic oxidation sites excluding steroid dienone is 1. The highest BCUT2D eigenvalue weighted by Crippen LogP contribution is 2.46. The molecule has 2 aliphatic heterocycles. The number of hydrogen-bond acceptors (Lipinski definition) is 8. The number of nitrogens with zero attached hydrogens (tertiary/aromatic N) is 2. The molecule has 7 atom stereocenters. The van der Waals surface area contributed by atoms with Crippen LogP contribution in [0.3, 0.4) is 0 Å². The van der Waals surface area contributed by atoms with Gasteiger partial charge in [0.15, 0.2) is 0 Å². The molecule has 12 nitrogen and oxygen atoms in total. The quantitative estimate of drug-likeness (QED) is 0.379. The lowest BCUT2D eigenvalue weighted by Crippen LogP contribution is -2.58. The topological polar surface area (TPSA) is 148 Å². The van der Waals surface area contributed by atoms with Gasteiger partial charge in [-0.15, -0.1) is 0 Å². The first-order chi connectivity index (χ1) is 23.2. The molecule has 0 bridgehead atoms. The van der Waals surface area contributed by atoms with E-state index in [1.807, 2.05) is 19.1 Å². The SMILES string of the molecule is CNC(=O)[C@@]12C[C@@H]1/C=C\[C@@H](C)CCC[C@@H](C)[C@H](NC(=O)OC(C)(C)C)C(=O)N1C[C@H](Oc3ncc(OC)c4c(Cl)cccc34)C[C@H]1C(=O)N2. The minimum atomic E-state index is -1.12. The highest BCUT2D eigenvalue weighted by Gasteiger charge is 2.60. The Labute approximate surface area is 292 Å². The fourth-order valence-corrected chi connectivity index (χ4v) is 7.17. The minimum Gasteiger partial charge on any atom is -0.494 e.